The lowest BCUT2D eigenvalue weighted by atomic mass is 9.95. The summed E-state index contributed by atoms with van der Waals surface area (Å²) >= 11 is 0. The third kappa shape index (κ3) is 1.62. The zero-order valence-electron chi connectivity index (χ0n) is 7.79. The van der Waals surface area contributed by atoms with Gasteiger partial charge in [0.05, 0.1) is 0 Å². The van der Waals surface area contributed by atoms with Gasteiger partial charge in [0.25, 0.3) is 0 Å². The van der Waals surface area contributed by atoms with Crippen LogP contribution in [0.25, 0.3) is 0 Å². The molecular formula is C11H13NO. The maximum atomic E-state index is 11.0. The number of hydrogen-bond acceptors (Lipinski definition) is 2. The van der Waals surface area contributed by atoms with Crippen LogP contribution in [0.1, 0.15) is 31.9 Å². The van der Waals surface area contributed by atoms with Crippen LogP contribution in [0.5, 0.6) is 0 Å². The molecular weight excluding hydrogens is 162 g/mol. The number of ketones is 1. The van der Waals surface area contributed by atoms with Crippen molar-refractivity contribution in [3.63, 3.8) is 0 Å². The number of carbonyl (C=O) groups excluding carboxylic acids is 1. The van der Waals surface area contributed by atoms with Gasteiger partial charge in [0.15, 0.2) is 0 Å². The summed E-state index contributed by atoms with van der Waals surface area (Å²) in [5, 5.41) is 0. The molecule has 13 heavy (non-hydrogen) atoms. The lowest BCUT2D eigenvalue weighted by Crippen LogP contribution is -2.12. The Labute approximate surface area is 78.0 Å². The fraction of sp³-hybridized carbons (Fsp3) is 0.455. The Balaban J connectivity index is 2.21. The summed E-state index contributed by atoms with van der Waals surface area (Å²) in [5.41, 5.74) is 1.19. The second kappa shape index (κ2) is 2.95. The summed E-state index contributed by atoms with van der Waals surface area (Å²) < 4.78 is 0. The number of pyridine rings is 1. The minimum atomic E-state index is 0.104. The molecule has 0 amide bonds. The van der Waals surface area contributed by atoms with Crippen LogP contribution in [-0.4, -0.2) is 10.8 Å². The van der Waals surface area contributed by atoms with Crippen molar-refractivity contribution in [1.29, 1.82) is 0 Å². The fourth-order valence-corrected chi connectivity index (χ4v) is 1.83. The third-order valence-corrected chi connectivity index (χ3v) is 2.65. The number of aromatic nitrogens is 1. The van der Waals surface area contributed by atoms with Crippen LogP contribution in [0, 0.1) is 0 Å². The zero-order chi connectivity index (χ0) is 9.31. The molecule has 0 aromatic carbocycles. The smallest absolute Gasteiger partial charge is 0.130 e. The molecule has 0 radical (unpaired) electrons. The minimum absolute atomic E-state index is 0.104. The molecule has 1 fully saturated rings. The summed E-state index contributed by atoms with van der Waals surface area (Å²) in [4.78, 5) is 15.4. The van der Waals surface area contributed by atoms with Crippen LogP contribution >= 0.6 is 0 Å². The Bertz CT molecular complexity index is 314. The molecule has 1 aliphatic rings. The van der Waals surface area contributed by atoms with E-state index in [0.717, 1.165) is 18.5 Å². The van der Waals surface area contributed by atoms with E-state index in [1.165, 1.54) is 0 Å². The van der Waals surface area contributed by atoms with Gasteiger partial charge in [-0.25, -0.2) is 0 Å². The summed E-state index contributed by atoms with van der Waals surface area (Å²) in [7, 11) is 0. The van der Waals surface area contributed by atoms with E-state index < -0.39 is 0 Å². The van der Waals surface area contributed by atoms with E-state index in [1.54, 1.807) is 13.1 Å². The summed E-state index contributed by atoms with van der Waals surface area (Å²) in [6.45, 7) is 1.66. The normalized spacial score (nSPS) is 18.2. The quantitative estimate of drug-likeness (QED) is 0.704. The van der Waals surface area contributed by atoms with E-state index in [-0.39, 0.29) is 11.2 Å². The van der Waals surface area contributed by atoms with Gasteiger partial charge in [-0.15, -0.1) is 0 Å². The largest absolute Gasteiger partial charge is 0.300 e. The van der Waals surface area contributed by atoms with Gasteiger partial charge in [0.1, 0.15) is 5.78 Å². The topological polar surface area (TPSA) is 30.0 Å². The van der Waals surface area contributed by atoms with E-state index in [0.29, 0.717) is 6.42 Å². The van der Waals surface area contributed by atoms with Crippen LogP contribution in [0.15, 0.2) is 24.4 Å². The molecule has 1 aliphatic carbocycles. The highest BCUT2D eigenvalue weighted by atomic mass is 16.1. The first kappa shape index (κ1) is 8.42. The first-order chi connectivity index (χ1) is 6.23. The number of rotatable bonds is 3. The van der Waals surface area contributed by atoms with Crippen molar-refractivity contribution in [3.8, 4) is 0 Å². The number of carbonyl (C=O) groups is 1. The van der Waals surface area contributed by atoms with Gasteiger partial charge in [-0.3, -0.25) is 9.78 Å². The number of nitrogens with zero attached hydrogens (tertiary/aromatic N) is 1. The molecule has 2 nitrogen and oxygen atoms in total. The highest BCUT2D eigenvalue weighted by Crippen LogP contribution is 2.50. The first-order valence-electron chi connectivity index (χ1n) is 4.64. The monoisotopic (exact) mass is 175 g/mol. The molecule has 68 valence electrons. The Morgan fingerprint density at radius 2 is 2.31 bits per heavy atom. The average Bonchev–Trinajstić information content (AvgIpc) is 2.86. The minimum Gasteiger partial charge on any atom is -0.300 e. The highest BCUT2D eigenvalue weighted by molar-refractivity contribution is 5.77. The van der Waals surface area contributed by atoms with Crippen molar-refractivity contribution in [2.75, 3.05) is 0 Å². The third-order valence-electron chi connectivity index (χ3n) is 2.65. The second-order valence-electron chi connectivity index (χ2n) is 3.87. The van der Waals surface area contributed by atoms with E-state index in [1.807, 2.05) is 18.2 Å². The van der Waals surface area contributed by atoms with Gasteiger partial charge >= 0.3 is 0 Å². The van der Waals surface area contributed by atoms with Crippen molar-refractivity contribution < 1.29 is 4.79 Å². The molecule has 0 bridgehead atoms. The van der Waals surface area contributed by atoms with Crippen molar-refractivity contribution in [2.24, 2.45) is 0 Å². The molecule has 1 aromatic rings. The molecule has 0 N–H and O–H groups in total. The van der Waals surface area contributed by atoms with Crippen molar-refractivity contribution in [3.05, 3.63) is 30.1 Å². The molecule has 1 saturated carbocycles. The Kier molecular flexibility index (Phi) is 1.91. The van der Waals surface area contributed by atoms with E-state index in [4.69, 9.17) is 0 Å². The first-order valence-corrected chi connectivity index (χ1v) is 4.64. The molecule has 1 aromatic heterocycles. The van der Waals surface area contributed by atoms with E-state index in [2.05, 4.69) is 4.98 Å². The van der Waals surface area contributed by atoms with Gasteiger partial charge in [0, 0.05) is 23.7 Å². The van der Waals surface area contributed by atoms with Gasteiger partial charge in [0.2, 0.25) is 0 Å². The van der Waals surface area contributed by atoms with E-state index in [9.17, 15) is 4.79 Å². The van der Waals surface area contributed by atoms with Crippen LogP contribution < -0.4 is 0 Å². The highest BCUT2D eigenvalue weighted by Gasteiger charge is 2.46. The van der Waals surface area contributed by atoms with Crippen LogP contribution in [0.4, 0.5) is 0 Å². The maximum absolute atomic E-state index is 11.0. The predicted molar refractivity (Wildman–Crippen MR) is 50.4 cm³/mol. The average molecular weight is 175 g/mol. The fourth-order valence-electron chi connectivity index (χ4n) is 1.83. The Morgan fingerprint density at radius 1 is 1.54 bits per heavy atom. The summed E-state index contributed by atoms with van der Waals surface area (Å²) in [6, 6.07) is 5.92. The van der Waals surface area contributed by atoms with Gasteiger partial charge < -0.3 is 0 Å². The van der Waals surface area contributed by atoms with Crippen molar-refractivity contribution in [2.45, 2.75) is 31.6 Å². The lowest BCUT2D eigenvalue weighted by molar-refractivity contribution is -0.117. The molecule has 2 heteroatoms. The standard InChI is InChI=1S/C11H13NO/c1-9(13)8-11(5-6-11)10-4-2-3-7-12-10/h2-4,7H,5-6,8H2,1H3. The maximum Gasteiger partial charge on any atom is 0.130 e. The van der Waals surface area contributed by atoms with E-state index >= 15 is 0 Å². The van der Waals surface area contributed by atoms with Crippen LogP contribution in [0.2, 0.25) is 0 Å². The molecule has 2 rings (SSSR count). The van der Waals surface area contributed by atoms with Gasteiger partial charge in [-0.1, -0.05) is 6.07 Å². The number of Topliss-reactive ketones (excluding diaryl/α,β-unsaturated/α-hetero) is 1. The predicted octanol–water partition coefficient (Wildman–Crippen LogP) is 2.09. The molecule has 0 aliphatic heterocycles. The van der Waals surface area contributed by atoms with Crippen molar-refractivity contribution in [1.82, 2.24) is 4.98 Å². The Morgan fingerprint density at radius 3 is 2.77 bits per heavy atom. The van der Waals surface area contributed by atoms with Crippen LogP contribution in [0.3, 0.4) is 0 Å². The van der Waals surface area contributed by atoms with Crippen molar-refractivity contribution >= 4 is 5.78 Å². The Hall–Kier alpha value is -1.18. The second-order valence-corrected chi connectivity index (χ2v) is 3.87. The number of hydrogen-bond donors (Lipinski definition) is 0. The van der Waals surface area contributed by atoms with Gasteiger partial charge in [-0.2, -0.15) is 0 Å². The summed E-state index contributed by atoms with van der Waals surface area (Å²) in [6.07, 6.45) is 4.69. The molecule has 0 spiro atoms. The van der Waals surface area contributed by atoms with Gasteiger partial charge in [-0.05, 0) is 31.9 Å². The molecule has 0 saturated heterocycles. The molecule has 0 unspecified atom stereocenters. The SMILES string of the molecule is CC(=O)CC1(c2ccccn2)CC1. The zero-order valence-corrected chi connectivity index (χ0v) is 7.79. The molecule has 1 heterocycles. The van der Waals surface area contributed by atoms with Crippen LogP contribution in [-0.2, 0) is 10.2 Å². The molecule has 0 atom stereocenters. The lowest BCUT2D eigenvalue weighted by Gasteiger charge is -2.11. The summed E-state index contributed by atoms with van der Waals surface area (Å²) in [5.74, 6) is 0.267.